The minimum atomic E-state index is -0.734. The number of aliphatic imine (C=N–C) groups is 1. The van der Waals surface area contributed by atoms with Gasteiger partial charge in [0.2, 0.25) is 0 Å². The van der Waals surface area contributed by atoms with Gasteiger partial charge in [-0.15, -0.1) is 0 Å². The van der Waals surface area contributed by atoms with Gasteiger partial charge < -0.3 is 19.3 Å². The summed E-state index contributed by atoms with van der Waals surface area (Å²) in [6.07, 6.45) is 1.65. The third-order valence-electron chi connectivity index (χ3n) is 4.17. The molecule has 30 heavy (non-hydrogen) atoms. The Morgan fingerprint density at radius 3 is 2.63 bits per heavy atom. The van der Waals surface area contributed by atoms with Gasteiger partial charge in [0.15, 0.2) is 0 Å². The van der Waals surface area contributed by atoms with Gasteiger partial charge in [0, 0.05) is 11.6 Å². The number of carbonyl (C=O) groups excluding carboxylic acids is 1. The molecule has 0 atom stereocenters. The molecule has 0 aliphatic carbocycles. The number of nitrogens with zero attached hydrogens (tertiary/aromatic N) is 1. The van der Waals surface area contributed by atoms with Gasteiger partial charge in [-0.25, -0.2) is 14.2 Å². The number of thioether (sulfide) groups is 1. The molecule has 1 aliphatic heterocycles. The molecule has 0 spiro atoms. The van der Waals surface area contributed by atoms with Gasteiger partial charge in [-0.05, 0) is 37.3 Å². The molecule has 8 heteroatoms. The van der Waals surface area contributed by atoms with Crippen LogP contribution in [-0.2, 0) is 9.53 Å². The lowest BCUT2D eigenvalue weighted by Crippen LogP contribution is -2.12. The van der Waals surface area contributed by atoms with Crippen LogP contribution in [0.3, 0.4) is 0 Å². The average Bonchev–Trinajstić information content (AvgIpc) is 3.05. The maximum atomic E-state index is 14.1. The molecule has 0 bridgehead atoms. The van der Waals surface area contributed by atoms with Crippen molar-refractivity contribution in [2.45, 2.75) is 6.92 Å². The molecule has 0 aromatic heterocycles. The number of hydrogen-bond donors (Lipinski definition) is 1. The first-order valence-corrected chi connectivity index (χ1v) is 9.86. The Bertz CT molecular complexity index is 1060. The van der Waals surface area contributed by atoms with Crippen molar-refractivity contribution in [2.24, 2.45) is 4.99 Å². The fourth-order valence-electron chi connectivity index (χ4n) is 2.72. The summed E-state index contributed by atoms with van der Waals surface area (Å²) in [5.41, 5.74) is 0.601. The van der Waals surface area contributed by atoms with Crippen LogP contribution in [0.15, 0.2) is 63.7 Å². The Balaban J connectivity index is 2.08. The lowest BCUT2D eigenvalue weighted by molar-refractivity contribution is -0.138. The van der Waals surface area contributed by atoms with Crippen LogP contribution in [0, 0.1) is 5.82 Å². The van der Waals surface area contributed by atoms with Crippen molar-refractivity contribution in [2.75, 3.05) is 20.8 Å². The number of halogens is 1. The number of ether oxygens (including phenoxy) is 3. The third kappa shape index (κ3) is 4.49. The molecule has 0 amide bonds. The van der Waals surface area contributed by atoms with E-state index in [9.17, 15) is 14.3 Å². The number of rotatable bonds is 6. The first-order chi connectivity index (χ1) is 14.5. The van der Waals surface area contributed by atoms with Crippen LogP contribution in [0.2, 0.25) is 0 Å². The standard InChI is InChI=1S/C22H20FNO5S/c1-4-29-22(26)19-20(25)18(11-13-9-10-14(27-2)12-17(13)28-3)30-21(19)24-16-8-6-5-7-15(16)23/h5-12,25H,4H2,1-3H3/b18-11+,24-21?. The van der Waals surface area contributed by atoms with E-state index in [2.05, 4.69) is 4.99 Å². The van der Waals surface area contributed by atoms with E-state index in [1.165, 1.54) is 19.2 Å². The SMILES string of the molecule is CCOC(=O)C1=C(O)/C(=C\c2ccc(OC)cc2OC)SC1=Nc1ccccc1F. The summed E-state index contributed by atoms with van der Waals surface area (Å²) in [6, 6.07) is 11.1. The second-order valence-corrected chi connectivity index (χ2v) is 7.06. The molecule has 0 unspecified atom stereocenters. The summed E-state index contributed by atoms with van der Waals surface area (Å²) in [6.45, 7) is 1.78. The van der Waals surface area contributed by atoms with Gasteiger partial charge in [0.25, 0.3) is 0 Å². The molecule has 0 radical (unpaired) electrons. The van der Waals surface area contributed by atoms with Gasteiger partial charge >= 0.3 is 5.97 Å². The number of benzene rings is 2. The molecule has 3 rings (SSSR count). The molecule has 2 aromatic rings. The van der Waals surface area contributed by atoms with Gasteiger partial charge in [-0.2, -0.15) is 0 Å². The van der Waals surface area contributed by atoms with Crippen molar-refractivity contribution >= 4 is 34.5 Å². The number of aliphatic hydroxyl groups excluding tert-OH is 1. The zero-order valence-electron chi connectivity index (χ0n) is 16.6. The Morgan fingerprint density at radius 2 is 1.97 bits per heavy atom. The number of carbonyl (C=O) groups is 1. The van der Waals surface area contributed by atoms with Crippen molar-refractivity contribution in [1.82, 2.24) is 0 Å². The number of methoxy groups -OCH3 is 2. The molecule has 0 saturated heterocycles. The Labute approximate surface area is 177 Å². The smallest absolute Gasteiger partial charge is 0.344 e. The Kier molecular flexibility index (Phi) is 6.79. The summed E-state index contributed by atoms with van der Waals surface area (Å²) in [5, 5.41) is 10.9. The summed E-state index contributed by atoms with van der Waals surface area (Å²) < 4.78 is 29.7. The molecule has 6 nitrogen and oxygen atoms in total. The molecule has 2 aromatic carbocycles. The van der Waals surface area contributed by atoms with Crippen molar-refractivity contribution < 1.29 is 28.5 Å². The van der Waals surface area contributed by atoms with E-state index in [-0.39, 0.29) is 28.7 Å². The van der Waals surface area contributed by atoms with E-state index >= 15 is 0 Å². The predicted octanol–water partition coefficient (Wildman–Crippen LogP) is 5.04. The number of esters is 1. The normalized spacial score (nSPS) is 16.3. The summed E-state index contributed by atoms with van der Waals surface area (Å²) >= 11 is 1.04. The van der Waals surface area contributed by atoms with Crippen LogP contribution in [0.4, 0.5) is 10.1 Å². The van der Waals surface area contributed by atoms with Crippen molar-refractivity contribution in [1.29, 1.82) is 0 Å². The molecular weight excluding hydrogens is 409 g/mol. The highest BCUT2D eigenvalue weighted by molar-refractivity contribution is 8.18. The van der Waals surface area contributed by atoms with Gasteiger partial charge in [-0.3, -0.25) is 0 Å². The van der Waals surface area contributed by atoms with E-state index < -0.39 is 11.8 Å². The van der Waals surface area contributed by atoms with Crippen molar-refractivity contribution in [3.05, 3.63) is 70.1 Å². The van der Waals surface area contributed by atoms with Gasteiger partial charge in [0.05, 0.1) is 25.7 Å². The second-order valence-electron chi connectivity index (χ2n) is 6.03. The minimum Gasteiger partial charge on any atom is -0.506 e. The monoisotopic (exact) mass is 429 g/mol. The first-order valence-electron chi connectivity index (χ1n) is 9.04. The second kappa shape index (κ2) is 9.49. The molecule has 0 fully saturated rings. The fraction of sp³-hybridized carbons (Fsp3) is 0.182. The number of para-hydroxylation sites is 1. The maximum Gasteiger partial charge on any atom is 0.344 e. The van der Waals surface area contributed by atoms with Crippen LogP contribution >= 0.6 is 11.8 Å². The highest BCUT2D eigenvalue weighted by Gasteiger charge is 2.33. The summed E-state index contributed by atoms with van der Waals surface area (Å²) in [4.78, 5) is 17.1. The highest BCUT2D eigenvalue weighted by Crippen LogP contribution is 2.41. The van der Waals surface area contributed by atoms with Crippen molar-refractivity contribution in [3.63, 3.8) is 0 Å². The van der Waals surface area contributed by atoms with Crippen LogP contribution in [0.1, 0.15) is 12.5 Å². The highest BCUT2D eigenvalue weighted by atomic mass is 32.2. The topological polar surface area (TPSA) is 77.4 Å². The molecule has 1 heterocycles. The van der Waals surface area contributed by atoms with Gasteiger partial charge in [-0.1, -0.05) is 23.9 Å². The Hall–Kier alpha value is -3.26. The number of aliphatic hydroxyl groups is 1. The zero-order chi connectivity index (χ0) is 21.7. The first kappa shape index (κ1) is 21.4. The van der Waals surface area contributed by atoms with E-state index in [0.717, 1.165) is 11.8 Å². The van der Waals surface area contributed by atoms with Crippen LogP contribution in [0.25, 0.3) is 6.08 Å². The van der Waals surface area contributed by atoms with E-state index in [1.807, 2.05) is 0 Å². The molecular formula is C22H20FNO5S. The largest absolute Gasteiger partial charge is 0.506 e. The zero-order valence-corrected chi connectivity index (χ0v) is 17.5. The molecule has 156 valence electrons. The number of hydrogen-bond acceptors (Lipinski definition) is 7. The van der Waals surface area contributed by atoms with E-state index in [4.69, 9.17) is 14.2 Å². The minimum absolute atomic E-state index is 0.0536. The van der Waals surface area contributed by atoms with E-state index in [1.54, 1.807) is 50.4 Å². The maximum absolute atomic E-state index is 14.1. The summed E-state index contributed by atoms with van der Waals surface area (Å²) in [5.74, 6) is -0.425. The van der Waals surface area contributed by atoms with Crippen LogP contribution in [0.5, 0.6) is 11.5 Å². The average molecular weight is 429 g/mol. The summed E-state index contributed by atoms with van der Waals surface area (Å²) in [7, 11) is 3.06. The lowest BCUT2D eigenvalue weighted by Gasteiger charge is -2.08. The van der Waals surface area contributed by atoms with E-state index in [0.29, 0.717) is 22.0 Å². The van der Waals surface area contributed by atoms with Gasteiger partial charge in [0.1, 0.15) is 39.4 Å². The quantitative estimate of drug-likeness (QED) is 0.649. The van der Waals surface area contributed by atoms with Crippen LogP contribution in [-0.4, -0.2) is 36.9 Å². The molecule has 1 N–H and O–H groups in total. The molecule has 0 saturated carbocycles. The van der Waals surface area contributed by atoms with Crippen molar-refractivity contribution in [3.8, 4) is 11.5 Å². The fourth-order valence-corrected chi connectivity index (χ4v) is 3.74. The predicted molar refractivity (Wildman–Crippen MR) is 115 cm³/mol. The third-order valence-corrected chi connectivity index (χ3v) is 5.19. The molecule has 1 aliphatic rings. The van der Waals surface area contributed by atoms with Crippen LogP contribution < -0.4 is 9.47 Å². The Morgan fingerprint density at radius 1 is 1.20 bits per heavy atom. The lowest BCUT2D eigenvalue weighted by atomic mass is 10.1.